The van der Waals surface area contributed by atoms with Crippen LogP contribution in [0.3, 0.4) is 0 Å². The summed E-state index contributed by atoms with van der Waals surface area (Å²) >= 11 is 1.42. The van der Waals surface area contributed by atoms with Gasteiger partial charge in [0, 0.05) is 36.6 Å². The van der Waals surface area contributed by atoms with E-state index in [2.05, 4.69) is 79.2 Å². The van der Waals surface area contributed by atoms with Gasteiger partial charge in [-0.1, -0.05) is 91.8 Å². The number of amides is 1. The van der Waals surface area contributed by atoms with Crippen LogP contribution in [0.5, 0.6) is 0 Å². The predicted octanol–water partition coefficient (Wildman–Crippen LogP) is 6.51. The maximum Gasteiger partial charge on any atom is 0.277 e. The van der Waals surface area contributed by atoms with Crippen LogP contribution in [0.4, 0.5) is 4.39 Å². The van der Waals surface area contributed by atoms with Crippen LogP contribution in [0, 0.1) is 12.7 Å². The average Bonchev–Trinajstić information content (AvgIpc) is 3.54. The third kappa shape index (κ3) is 7.85. The zero-order chi connectivity index (χ0) is 31.1. The number of likely N-dealkylation sites (N-methyl/N-ethyl adjacent to an activating group) is 1. The number of carbonyl (C=O) groups excluding carboxylic acids is 1. The maximum atomic E-state index is 14.1. The molecular weight excluding hydrogens is 571 g/mol. The molecule has 1 aromatic heterocycles. The highest BCUT2D eigenvalue weighted by Gasteiger charge is 2.25. The number of thioether (sulfide) groups is 1. The molecule has 8 heteroatoms. The van der Waals surface area contributed by atoms with Crippen molar-refractivity contribution in [1.29, 1.82) is 0 Å². The van der Waals surface area contributed by atoms with Gasteiger partial charge < -0.3 is 14.4 Å². The molecule has 5 rings (SSSR count). The minimum atomic E-state index is -0.286. The highest BCUT2D eigenvalue weighted by Crippen LogP contribution is 2.27. The van der Waals surface area contributed by atoms with E-state index in [-0.39, 0.29) is 23.8 Å². The SMILES string of the molecule is CCN(CC)CCN(Cc1ccc(-c2ccc(C)cc2)cc1)C(=O)Cn1c(SCc2ccc(F)cc2)nc(=O)c2c1CCC2. The highest BCUT2D eigenvalue weighted by molar-refractivity contribution is 7.98. The van der Waals surface area contributed by atoms with Crippen LogP contribution in [0.1, 0.15) is 48.2 Å². The molecule has 0 unspecified atom stereocenters. The Morgan fingerprint density at radius 3 is 2.18 bits per heavy atom. The minimum Gasteiger partial charge on any atom is -0.336 e. The van der Waals surface area contributed by atoms with Gasteiger partial charge in [0.25, 0.3) is 5.56 Å². The summed E-state index contributed by atoms with van der Waals surface area (Å²) in [6, 6.07) is 23.3. The van der Waals surface area contributed by atoms with E-state index in [1.54, 1.807) is 12.1 Å². The van der Waals surface area contributed by atoms with Crippen molar-refractivity contribution >= 4 is 17.7 Å². The molecule has 0 radical (unpaired) electrons. The van der Waals surface area contributed by atoms with Crippen LogP contribution in [0.2, 0.25) is 0 Å². The Bertz CT molecular complexity index is 1610. The zero-order valence-electron chi connectivity index (χ0n) is 25.9. The van der Waals surface area contributed by atoms with Gasteiger partial charge in [-0.2, -0.15) is 4.98 Å². The summed E-state index contributed by atoms with van der Waals surface area (Å²) in [7, 11) is 0. The first-order valence-corrected chi connectivity index (χ1v) is 16.5. The normalized spacial score (nSPS) is 12.5. The molecule has 1 aliphatic carbocycles. The largest absolute Gasteiger partial charge is 0.336 e. The number of fused-ring (bicyclic) bond motifs is 1. The van der Waals surface area contributed by atoms with Crippen molar-refractivity contribution in [3.8, 4) is 11.1 Å². The van der Waals surface area contributed by atoms with Crippen molar-refractivity contribution in [2.45, 2.75) is 64.0 Å². The molecule has 1 amide bonds. The summed E-state index contributed by atoms with van der Waals surface area (Å²) in [4.78, 5) is 35.7. The summed E-state index contributed by atoms with van der Waals surface area (Å²) in [5, 5.41) is 0.541. The highest BCUT2D eigenvalue weighted by atomic mass is 32.2. The van der Waals surface area contributed by atoms with E-state index in [1.165, 1.54) is 35.0 Å². The van der Waals surface area contributed by atoms with Gasteiger partial charge in [-0.15, -0.1) is 0 Å². The van der Waals surface area contributed by atoms with Crippen LogP contribution in [-0.4, -0.2) is 51.4 Å². The van der Waals surface area contributed by atoms with E-state index in [1.807, 2.05) is 9.47 Å². The van der Waals surface area contributed by atoms with Crippen LogP contribution in [0.25, 0.3) is 11.1 Å². The monoisotopic (exact) mass is 612 g/mol. The van der Waals surface area contributed by atoms with Crippen LogP contribution < -0.4 is 5.56 Å². The Kier molecular flexibility index (Phi) is 10.7. The molecule has 0 aliphatic heterocycles. The van der Waals surface area contributed by atoms with E-state index in [0.29, 0.717) is 30.4 Å². The zero-order valence-corrected chi connectivity index (χ0v) is 26.7. The fraction of sp³-hybridized carbons (Fsp3) is 0.361. The molecule has 0 spiro atoms. The Balaban J connectivity index is 1.38. The minimum absolute atomic E-state index is 0.00273. The van der Waals surface area contributed by atoms with Gasteiger partial charge in [-0.05, 0) is 73.7 Å². The van der Waals surface area contributed by atoms with Gasteiger partial charge in [0.2, 0.25) is 5.91 Å². The van der Waals surface area contributed by atoms with Crippen molar-refractivity contribution < 1.29 is 9.18 Å². The number of benzene rings is 3. The molecule has 4 aromatic rings. The average molecular weight is 613 g/mol. The first kappa shape index (κ1) is 31.7. The Hall–Kier alpha value is -3.75. The second-order valence-corrected chi connectivity index (χ2v) is 12.3. The number of hydrogen-bond donors (Lipinski definition) is 0. The molecule has 1 aliphatic rings. The van der Waals surface area contributed by atoms with E-state index in [9.17, 15) is 14.0 Å². The first-order valence-electron chi connectivity index (χ1n) is 15.5. The molecule has 1 heterocycles. The summed E-state index contributed by atoms with van der Waals surface area (Å²) < 4.78 is 15.4. The van der Waals surface area contributed by atoms with Gasteiger partial charge in [0.1, 0.15) is 12.4 Å². The van der Waals surface area contributed by atoms with Crippen molar-refractivity contribution in [1.82, 2.24) is 19.4 Å². The number of rotatable bonds is 13. The molecular formula is C36H41FN4O2S. The fourth-order valence-electron chi connectivity index (χ4n) is 5.69. The van der Waals surface area contributed by atoms with Crippen molar-refractivity contribution in [3.05, 3.63) is 117 Å². The van der Waals surface area contributed by atoms with E-state index in [0.717, 1.165) is 60.4 Å². The van der Waals surface area contributed by atoms with Gasteiger partial charge >= 0.3 is 0 Å². The van der Waals surface area contributed by atoms with Crippen molar-refractivity contribution in [2.75, 3.05) is 26.2 Å². The van der Waals surface area contributed by atoms with Crippen molar-refractivity contribution in [2.24, 2.45) is 0 Å². The Morgan fingerprint density at radius 1 is 0.886 bits per heavy atom. The molecule has 0 fully saturated rings. The number of carbonyl (C=O) groups is 1. The smallest absolute Gasteiger partial charge is 0.277 e. The Morgan fingerprint density at radius 2 is 1.52 bits per heavy atom. The molecule has 6 nitrogen and oxygen atoms in total. The van der Waals surface area contributed by atoms with E-state index in [4.69, 9.17) is 0 Å². The third-order valence-corrected chi connectivity index (χ3v) is 9.47. The van der Waals surface area contributed by atoms with Crippen LogP contribution >= 0.6 is 11.8 Å². The van der Waals surface area contributed by atoms with Gasteiger partial charge in [0.05, 0.1) is 0 Å². The standard InChI is InChI=1S/C36H41FN4O2S/c1-4-39(5-2)21-22-40(23-27-11-17-30(18-12-27)29-15-9-26(3)10-16-29)34(42)24-41-33-8-6-7-32(33)35(43)38-36(41)44-25-28-13-19-31(37)20-14-28/h9-20H,4-8,21-25H2,1-3H3. The predicted molar refractivity (Wildman–Crippen MR) is 176 cm³/mol. The number of halogens is 1. The molecule has 0 N–H and O–H groups in total. The number of nitrogens with zero attached hydrogens (tertiary/aromatic N) is 4. The molecule has 0 saturated carbocycles. The lowest BCUT2D eigenvalue weighted by molar-refractivity contribution is -0.132. The Labute approximate surface area is 263 Å². The first-order chi connectivity index (χ1) is 21.3. The van der Waals surface area contributed by atoms with Gasteiger partial charge in [-0.25, -0.2) is 4.39 Å². The second kappa shape index (κ2) is 14.8. The fourth-order valence-corrected chi connectivity index (χ4v) is 6.65. The lowest BCUT2D eigenvalue weighted by atomic mass is 10.0. The van der Waals surface area contributed by atoms with Gasteiger partial charge in [0.15, 0.2) is 5.16 Å². The molecule has 44 heavy (non-hydrogen) atoms. The summed E-state index contributed by atoms with van der Waals surface area (Å²) in [6.45, 7) is 10.2. The molecule has 0 bridgehead atoms. The van der Waals surface area contributed by atoms with Crippen molar-refractivity contribution in [3.63, 3.8) is 0 Å². The maximum absolute atomic E-state index is 14.1. The van der Waals surface area contributed by atoms with E-state index < -0.39 is 0 Å². The molecule has 230 valence electrons. The van der Waals surface area contributed by atoms with Crippen LogP contribution in [-0.2, 0) is 36.5 Å². The summed E-state index contributed by atoms with van der Waals surface area (Å²) in [5.41, 5.74) is 7.00. The molecule has 0 atom stereocenters. The summed E-state index contributed by atoms with van der Waals surface area (Å²) in [6.07, 6.45) is 2.33. The molecule has 3 aromatic carbocycles. The number of aryl methyl sites for hydroxylation is 1. The number of hydrogen-bond acceptors (Lipinski definition) is 5. The van der Waals surface area contributed by atoms with Crippen LogP contribution in [0.15, 0.2) is 82.7 Å². The quantitative estimate of drug-likeness (QED) is 0.127. The summed E-state index contributed by atoms with van der Waals surface area (Å²) in [5.74, 6) is 0.244. The topological polar surface area (TPSA) is 58.4 Å². The van der Waals surface area contributed by atoms with Gasteiger partial charge in [-0.3, -0.25) is 9.59 Å². The third-order valence-electron chi connectivity index (χ3n) is 8.42. The van der Waals surface area contributed by atoms with E-state index >= 15 is 0 Å². The lowest BCUT2D eigenvalue weighted by Crippen LogP contribution is -2.40. The number of aromatic nitrogens is 2. The lowest BCUT2D eigenvalue weighted by Gasteiger charge is -2.28. The molecule has 0 saturated heterocycles. The second-order valence-electron chi connectivity index (χ2n) is 11.4.